The number of nitrogens with two attached hydrogens (primary N) is 1. The molecular formula is C9H9ClN2O2S. The van der Waals surface area contributed by atoms with Crippen LogP contribution in [0.4, 0.5) is 5.69 Å². The Morgan fingerprint density at radius 1 is 1.60 bits per heavy atom. The second-order valence-electron chi connectivity index (χ2n) is 2.94. The maximum absolute atomic E-state index is 10.9. The van der Waals surface area contributed by atoms with E-state index in [0.29, 0.717) is 16.3 Å². The zero-order valence-corrected chi connectivity index (χ0v) is 9.45. The molecule has 1 aromatic carbocycles. The van der Waals surface area contributed by atoms with Crippen LogP contribution < -0.4 is 11.1 Å². The van der Waals surface area contributed by atoms with Crippen LogP contribution in [0.3, 0.4) is 0 Å². The zero-order chi connectivity index (χ0) is 11.6. The summed E-state index contributed by atoms with van der Waals surface area (Å²) in [6, 6.07) is 2.95. The van der Waals surface area contributed by atoms with Crippen molar-refractivity contribution in [3.8, 4) is 0 Å². The molecule has 0 unspecified atom stereocenters. The summed E-state index contributed by atoms with van der Waals surface area (Å²) in [5.41, 5.74) is 6.33. The van der Waals surface area contributed by atoms with Gasteiger partial charge in [0.1, 0.15) is 0 Å². The molecule has 0 aliphatic carbocycles. The Kier molecular flexibility index (Phi) is 3.49. The van der Waals surface area contributed by atoms with Gasteiger partial charge in [0.25, 0.3) is 0 Å². The third-order valence-electron chi connectivity index (χ3n) is 1.79. The third-order valence-corrected chi connectivity index (χ3v) is 2.30. The second kappa shape index (κ2) is 4.46. The lowest BCUT2D eigenvalue weighted by molar-refractivity contribution is 0.0698. The number of hydrogen-bond acceptors (Lipinski definition) is 2. The number of anilines is 1. The van der Waals surface area contributed by atoms with Gasteiger partial charge in [-0.15, -0.1) is 0 Å². The van der Waals surface area contributed by atoms with Crippen LogP contribution in [0.5, 0.6) is 0 Å². The summed E-state index contributed by atoms with van der Waals surface area (Å²) in [4.78, 5) is 10.9. The minimum absolute atomic E-state index is 0.00239. The highest BCUT2D eigenvalue weighted by atomic mass is 35.5. The summed E-state index contributed by atoms with van der Waals surface area (Å²) in [5, 5.41) is 11.9. The van der Waals surface area contributed by atoms with E-state index in [1.807, 2.05) is 0 Å². The predicted molar refractivity (Wildman–Crippen MR) is 63.6 cm³/mol. The average Bonchev–Trinajstić information content (AvgIpc) is 2.09. The van der Waals surface area contributed by atoms with Gasteiger partial charge < -0.3 is 16.2 Å². The second-order valence-corrected chi connectivity index (χ2v) is 3.79. The van der Waals surface area contributed by atoms with Crippen molar-refractivity contribution >= 4 is 40.6 Å². The number of carboxylic acid groups (broad SMARTS) is 1. The molecule has 0 saturated heterocycles. The fourth-order valence-electron chi connectivity index (χ4n) is 1.09. The molecule has 0 aliphatic rings. The molecule has 1 aromatic rings. The van der Waals surface area contributed by atoms with Crippen LogP contribution in [0.1, 0.15) is 15.9 Å². The van der Waals surface area contributed by atoms with Crippen molar-refractivity contribution in [2.45, 2.75) is 6.92 Å². The van der Waals surface area contributed by atoms with Gasteiger partial charge in [0.15, 0.2) is 5.11 Å². The lowest BCUT2D eigenvalue weighted by atomic mass is 10.1. The molecule has 0 atom stereocenters. The quantitative estimate of drug-likeness (QED) is 0.694. The van der Waals surface area contributed by atoms with E-state index in [1.165, 1.54) is 12.1 Å². The number of thiocarbonyl (C=S) groups is 1. The molecule has 0 spiro atoms. The number of rotatable bonds is 2. The molecule has 15 heavy (non-hydrogen) atoms. The number of hydrogen-bond donors (Lipinski definition) is 3. The van der Waals surface area contributed by atoms with Crippen LogP contribution in [0.25, 0.3) is 0 Å². The molecule has 0 bridgehead atoms. The highest BCUT2D eigenvalue weighted by Gasteiger charge is 2.12. The molecule has 0 aliphatic heterocycles. The van der Waals surface area contributed by atoms with Crippen molar-refractivity contribution < 1.29 is 9.90 Å². The van der Waals surface area contributed by atoms with Crippen LogP contribution in [-0.4, -0.2) is 16.2 Å². The number of aryl methyl sites for hydroxylation is 1. The Hall–Kier alpha value is -1.33. The first-order chi connectivity index (χ1) is 6.91. The van der Waals surface area contributed by atoms with Gasteiger partial charge in [-0.3, -0.25) is 0 Å². The van der Waals surface area contributed by atoms with Crippen molar-refractivity contribution in [1.29, 1.82) is 0 Å². The topological polar surface area (TPSA) is 75.3 Å². The summed E-state index contributed by atoms with van der Waals surface area (Å²) in [7, 11) is 0. The van der Waals surface area contributed by atoms with Gasteiger partial charge in [-0.2, -0.15) is 0 Å². The number of benzene rings is 1. The highest BCUT2D eigenvalue weighted by Crippen LogP contribution is 2.24. The smallest absolute Gasteiger partial charge is 0.337 e. The van der Waals surface area contributed by atoms with E-state index in [9.17, 15) is 4.79 Å². The van der Waals surface area contributed by atoms with E-state index < -0.39 is 5.97 Å². The minimum atomic E-state index is -1.06. The maximum atomic E-state index is 10.9. The van der Waals surface area contributed by atoms with Crippen LogP contribution in [0.15, 0.2) is 12.1 Å². The molecule has 6 heteroatoms. The summed E-state index contributed by atoms with van der Waals surface area (Å²) in [6.45, 7) is 1.72. The summed E-state index contributed by atoms with van der Waals surface area (Å²) >= 11 is 10.5. The van der Waals surface area contributed by atoms with E-state index in [2.05, 4.69) is 17.5 Å². The van der Waals surface area contributed by atoms with Crippen LogP contribution in [-0.2, 0) is 0 Å². The van der Waals surface area contributed by atoms with Crippen molar-refractivity contribution in [1.82, 2.24) is 0 Å². The standard InChI is InChI=1S/C9H9ClN2O2S/c1-4-2-5(8(13)14)7(3-6(4)10)12-9(11)15/h2-3H,1H3,(H,13,14)(H3,11,12,15). The summed E-state index contributed by atoms with van der Waals surface area (Å²) in [6.07, 6.45) is 0. The molecule has 4 nitrogen and oxygen atoms in total. The van der Waals surface area contributed by atoms with Gasteiger partial charge in [0, 0.05) is 5.02 Å². The maximum Gasteiger partial charge on any atom is 0.337 e. The highest BCUT2D eigenvalue weighted by molar-refractivity contribution is 7.80. The number of carboxylic acids is 1. The molecular weight excluding hydrogens is 236 g/mol. The van der Waals surface area contributed by atoms with Gasteiger partial charge >= 0.3 is 5.97 Å². The average molecular weight is 245 g/mol. The van der Waals surface area contributed by atoms with Crippen LogP contribution in [0, 0.1) is 6.92 Å². The molecule has 0 fully saturated rings. The van der Waals surface area contributed by atoms with Gasteiger partial charge in [-0.05, 0) is 36.8 Å². The first-order valence-electron chi connectivity index (χ1n) is 4.01. The van der Waals surface area contributed by atoms with Gasteiger partial charge in [0.2, 0.25) is 0 Å². The van der Waals surface area contributed by atoms with E-state index >= 15 is 0 Å². The lowest BCUT2D eigenvalue weighted by Gasteiger charge is -2.09. The number of aromatic carboxylic acids is 1. The minimum Gasteiger partial charge on any atom is -0.478 e. The Morgan fingerprint density at radius 3 is 2.67 bits per heavy atom. The van der Waals surface area contributed by atoms with Crippen LogP contribution in [0.2, 0.25) is 5.02 Å². The molecule has 4 N–H and O–H groups in total. The third kappa shape index (κ3) is 2.81. The van der Waals surface area contributed by atoms with Crippen molar-refractivity contribution in [3.63, 3.8) is 0 Å². The monoisotopic (exact) mass is 244 g/mol. The number of halogens is 1. The van der Waals surface area contributed by atoms with E-state index in [1.54, 1.807) is 6.92 Å². The van der Waals surface area contributed by atoms with Gasteiger partial charge in [-0.1, -0.05) is 11.6 Å². The van der Waals surface area contributed by atoms with E-state index in [0.717, 1.165) is 0 Å². The molecule has 0 aromatic heterocycles. The largest absolute Gasteiger partial charge is 0.478 e. The van der Waals surface area contributed by atoms with Crippen molar-refractivity contribution in [2.24, 2.45) is 5.73 Å². The normalized spacial score (nSPS) is 9.73. The molecule has 1 rings (SSSR count). The Morgan fingerprint density at radius 2 is 2.20 bits per heavy atom. The van der Waals surface area contributed by atoms with Crippen molar-refractivity contribution in [2.75, 3.05) is 5.32 Å². The first-order valence-corrected chi connectivity index (χ1v) is 4.80. The number of carbonyl (C=O) groups is 1. The number of nitrogens with one attached hydrogen (secondary N) is 1. The summed E-state index contributed by atoms with van der Waals surface area (Å²) in [5.74, 6) is -1.06. The molecule has 80 valence electrons. The fraction of sp³-hybridized carbons (Fsp3) is 0.111. The van der Waals surface area contributed by atoms with Crippen LogP contribution >= 0.6 is 23.8 Å². The molecule has 0 saturated carbocycles. The Labute approximate surface area is 97.0 Å². The van der Waals surface area contributed by atoms with Crippen molar-refractivity contribution in [3.05, 3.63) is 28.3 Å². The predicted octanol–water partition coefficient (Wildman–Crippen LogP) is 2.00. The summed E-state index contributed by atoms with van der Waals surface area (Å²) < 4.78 is 0. The van der Waals surface area contributed by atoms with E-state index in [-0.39, 0.29) is 10.7 Å². The molecule has 0 radical (unpaired) electrons. The van der Waals surface area contributed by atoms with E-state index in [4.69, 9.17) is 22.4 Å². The SMILES string of the molecule is Cc1cc(C(=O)O)c(NC(N)=S)cc1Cl. The zero-order valence-electron chi connectivity index (χ0n) is 7.87. The lowest BCUT2D eigenvalue weighted by Crippen LogP contribution is -2.20. The van der Waals surface area contributed by atoms with Gasteiger partial charge in [0.05, 0.1) is 11.3 Å². The fourth-order valence-corrected chi connectivity index (χ4v) is 1.37. The Bertz CT molecular complexity index is 434. The van der Waals surface area contributed by atoms with Gasteiger partial charge in [-0.25, -0.2) is 4.79 Å². The molecule has 0 heterocycles. The Balaban J connectivity index is 3.28. The molecule has 0 amide bonds. The first kappa shape index (κ1) is 11.7.